The lowest BCUT2D eigenvalue weighted by atomic mass is 9.93. The molecular formula is C19H31ClO5Si. The monoisotopic (exact) mass is 402 g/mol. The van der Waals surface area contributed by atoms with Gasteiger partial charge in [-0.25, -0.2) is 0 Å². The van der Waals surface area contributed by atoms with Gasteiger partial charge in [-0.05, 0) is 33.6 Å². The molecule has 0 bridgehead atoms. The molecule has 0 spiro atoms. The molecule has 7 heteroatoms. The van der Waals surface area contributed by atoms with Crippen molar-refractivity contribution >= 4 is 19.7 Å². The average molecular weight is 403 g/mol. The molecule has 1 aliphatic heterocycles. The second-order valence-corrected chi connectivity index (χ2v) is 12.7. The van der Waals surface area contributed by atoms with E-state index in [4.69, 9.17) is 30.5 Å². The predicted octanol–water partition coefficient (Wildman–Crippen LogP) is 2.76. The minimum absolute atomic E-state index is 0.190. The zero-order valence-electron chi connectivity index (χ0n) is 16.8. The lowest BCUT2D eigenvalue weighted by molar-refractivity contribution is -0.158. The van der Waals surface area contributed by atoms with Gasteiger partial charge in [0, 0.05) is 13.2 Å². The summed E-state index contributed by atoms with van der Waals surface area (Å²) in [6, 6.07) is 0. The van der Waals surface area contributed by atoms with Crippen molar-refractivity contribution in [1.82, 2.24) is 0 Å². The Kier molecular flexibility index (Phi) is 8.64. The Hall–Kier alpha value is -0.573. The molecule has 1 fully saturated rings. The molecule has 0 aromatic rings. The number of alkyl halides is 1. The molecule has 1 saturated heterocycles. The van der Waals surface area contributed by atoms with Gasteiger partial charge in [-0.3, -0.25) is 0 Å². The van der Waals surface area contributed by atoms with Crippen molar-refractivity contribution in [1.29, 1.82) is 0 Å². The SMILES string of the molecule is CCOC(C#C[C@H](Cl)[C@@](O)(C#C[Si](C)(C)C)[C@H]1COC(C)(C)O1)OCC. The van der Waals surface area contributed by atoms with Crippen LogP contribution in [-0.2, 0) is 18.9 Å². The van der Waals surface area contributed by atoms with Crippen molar-refractivity contribution < 1.29 is 24.1 Å². The van der Waals surface area contributed by atoms with Gasteiger partial charge in [0.1, 0.15) is 19.6 Å². The van der Waals surface area contributed by atoms with E-state index in [0.717, 1.165) is 0 Å². The fourth-order valence-electron chi connectivity index (χ4n) is 2.18. The number of ether oxygens (including phenoxy) is 4. The number of hydrogen-bond acceptors (Lipinski definition) is 5. The Morgan fingerprint density at radius 3 is 2.23 bits per heavy atom. The van der Waals surface area contributed by atoms with Crippen LogP contribution in [0.25, 0.3) is 0 Å². The first-order chi connectivity index (χ1) is 11.9. The molecule has 0 aromatic carbocycles. The molecule has 0 aliphatic carbocycles. The van der Waals surface area contributed by atoms with Crippen molar-refractivity contribution in [2.45, 2.75) is 76.5 Å². The van der Waals surface area contributed by atoms with Gasteiger partial charge >= 0.3 is 0 Å². The van der Waals surface area contributed by atoms with E-state index in [0.29, 0.717) is 13.2 Å². The van der Waals surface area contributed by atoms with Crippen molar-refractivity contribution in [3.05, 3.63) is 0 Å². The zero-order chi connectivity index (χ0) is 20.0. The van der Waals surface area contributed by atoms with Crippen LogP contribution < -0.4 is 0 Å². The van der Waals surface area contributed by atoms with Crippen LogP contribution in [0.1, 0.15) is 27.7 Å². The van der Waals surface area contributed by atoms with Crippen LogP contribution in [0.3, 0.4) is 0 Å². The van der Waals surface area contributed by atoms with E-state index in [-0.39, 0.29) is 6.61 Å². The second kappa shape index (κ2) is 9.57. The maximum Gasteiger partial charge on any atom is 0.222 e. The molecule has 1 aliphatic rings. The molecular weight excluding hydrogens is 372 g/mol. The highest BCUT2D eigenvalue weighted by Gasteiger charge is 2.49. The molecule has 1 N–H and O–H groups in total. The van der Waals surface area contributed by atoms with E-state index in [1.165, 1.54) is 0 Å². The topological polar surface area (TPSA) is 57.2 Å². The van der Waals surface area contributed by atoms with Gasteiger partial charge < -0.3 is 24.1 Å². The third-order valence-electron chi connectivity index (χ3n) is 3.49. The van der Waals surface area contributed by atoms with E-state index in [2.05, 4.69) is 42.9 Å². The molecule has 0 aromatic heterocycles. The van der Waals surface area contributed by atoms with Gasteiger partial charge in [0.15, 0.2) is 11.4 Å². The fourth-order valence-corrected chi connectivity index (χ4v) is 3.02. The van der Waals surface area contributed by atoms with Crippen molar-refractivity contribution in [3.63, 3.8) is 0 Å². The van der Waals surface area contributed by atoms with Gasteiger partial charge in [0.25, 0.3) is 0 Å². The van der Waals surface area contributed by atoms with E-state index in [1.807, 2.05) is 13.8 Å². The zero-order valence-corrected chi connectivity index (χ0v) is 18.6. The predicted molar refractivity (Wildman–Crippen MR) is 105 cm³/mol. The summed E-state index contributed by atoms with van der Waals surface area (Å²) < 4.78 is 22.2. The summed E-state index contributed by atoms with van der Waals surface area (Å²) >= 11 is 6.48. The minimum Gasteiger partial charge on any atom is -0.373 e. The molecule has 0 amide bonds. The Morgan fingerprint density at radius 1 is 1.23 bits per heavy atom. The first-order valence-corrected chi connectivity index (χ1v) is 12.8. The van der Waals surface area contributed by atoms with Gasteiger partial charge in [0.2, 0.25) is 6.29 Å². The second-order valence-electron chi connectivity index (χ2n) is 7.54. The lowest BCUT2D eigenvalue weighted by Crippen LogP contribution is -2.50. The van der Waals surface area contributed by atoms with E-state index >= 15 is 0 Å². The quantitative estimate of drug-likeness (QED) is 0.320. The molecule has 3 atom stereocenters. The molecule has 1 heterocycles. The Bertz CT molecular complexity index is 575. The van der Waals surface area contributed by atoms with Crippen molar-refractivity contribution in [3.8, 4) is 23.3 Å². The van der Waals surface area contributed by atoms with Crippen LogP contribution in [-0.4, -0.2) is 62.2 Å². The Balaban J connectivity index is 3.13. The summed E-state index contributed by atoms with van der Waals surface area (Å²) in [6.07, 6.45) is -1.39. The van der Waals surface area contributed by atoms with Gasteiger partial charge in [0.05, 0.1) is 6.61 Å². The van der Waals surface area contributed by atoms with Crippen LogP contribution in [0.2, 0.25) is 19.6 Å². The van der Waals surface area contributed by atoms with Crippen LogP contribution in [0, 0.1) is 23.3 Å². The van der Waals surface area contributed by atoms with Gasteiger partial charge in [-0.2, -0.15) is 0 Å². The maximum atomic E-state index is 11.3. The Morgan fingerprint density at radius 2 is 1.81 bits per heavy atom. The van der Waals surface area contributed by atoms with Crippen molar-refractivity contribution in [2.75, 3.05) is 19.8 Å². The standard InChI is InChI=1S/C19H31ClO5Si/c1-8-22-17(23-9-2)11-10-15(20)19(21,12-13-26(5,6)7)16-14-24-18(3,4)25-16/h15-17,21H,8-9,14H2,1-7H3/t15-,16+,19-/m0/s1. The highest BCUT2D eigenvalue weighted by Crippen LogP contribution is 2.32. The summed E-state index contributed by atoms with van der Waals surface area (Å²) in [4.78, 5) is 0. The summed E-state index contributed by atoms with van der Waals surface area (Å²) in [5, 5.41) is 10.3. The van der Waals surface area contributed by atoms with Crippen LogP contribution in [0.4, 0.5) is 0 Å². The number of halogens is 1. The maximum absolute atomic E-state index is 11.3. The first-order valence-electron chi connectivity index (χ1n) is 8.90. The first kappa shape index (κ1) is 23.5. The van der Waals surface area contributed by atoms with Crippen LogP contribution in [0.15, 0.2) is 0 Å². The number of hydrogen-bond donors (Lipinski definition) is 1. The lowest BCUT2D eigenvalue weighted by Gasteiger charge is -2.31. The average Bonchev–Trinajstić information content (AvgIpc) is 2.90. The molecule has 148 valence electrons. The molecule has 0 unspecified atom stereocenters. The smallest absolute Gasteiger partial charge is 0.222 e. The van der Waals surface area contributed by atoms with Gasteiger partial charge in [-0.1, -0.05) is 31.5 Å². The van der Waals surface area contributed by atoms with E-state index in [9.17, 15) is 5.11 Å². The van der Waals surface area contributed by atoms with E-state index < -0.39 is 37.2 Å². The Labute approximate surface area is 163 Å². The molecule has 0 saturated carbocycles. The third-order valence-corrected chi connectivity index (χ3v) is 4.80. The summed E-state index contributed by atoms with van der Waals surface area (Å²) in [5.41, 5.74) is 1.51. The molecule has 1 rings (SSSR count). The third kappa shape index (κ3) is 7.21. The summed E-state index contributed by atoms with van der Waals surface area (Å²) in [6.45, 7) is 14.7. The van der Waals surface area contributed by atoms with Crippen LogP contribution in [0.5, 0.6) is 0 Å². The number of aliphatic hydroxyl groups is 1. The highest BCUT2D eigenvalue weighted by molar-refractivity contribution is 6.83. The fraction of sp³-hybridized carbons (Fsp3) is 0.789. The van der Waals surface area contributed by atoms with Gasteiger partial charge in [-0.15, -0.1) is 17.1 Å². The normalized spacial score (nSPS) is 22.8. The number of rotatable bonds is 6. The largest absolute Gasteiger partial charge is 0.373 e. The molecule has 26 heavy (non-hydrogen) atoms. The summed E-state index contributed by atoms with van der Waals surface area (Å²) in [7, 11) is -1.74. The molecule has 5 nitrogen and oxygen atoms in total. The minimum atomic E-state index is -1.74. The van der Waals surface area contributed by atoms with E-state index in [1.54, 1.807) is 13.8 Å². The highest BCUT2D eigenvalue weighted by atomic mass is 35.5. The van der Waals surface area contributed by atoms with Crippen molar-refractivity contribution in [2.24, 2.45) is 0 Å². The summed E-state index contributed by atoms with van der Waals surface area (Å²) in [5.74, 6) is 7.80. The van der Waals surface area contributed by atoms with Crippen LogP contribution >= 0.6 is 11.6 Å². The molecule has 0 radical (unpaired) electrons.